The molecule has 1 aliphatic carbocycles. The highest BCUT2D eigenvalue weighted by molar-refractivity contribution is 5.15. The summed E-state index contributed by atoms with van der Waals surface area (Å²) < 4.78 is 0. The zero-order valence-corrected chi connectivity index (χ0v) is 12.1. The lowest BCUT2D eigenvalue weighted by atomic mass is 9.81. The summed E-state index contributed by atoms with van der Waals surface area (Å²) in [7, 11) is 0. The first kappa shape index (κ1) is 15.7. The molecule has 2 unspecified atom stereocenters. The molecule has 1 aliphatic rings. The minimum Gasteiger partial charge on any atom is -0.120 e. The van der Waals surface area contributed by atoms with Crippen LogP contribution in [0.3, 0.4) is 0 Å². The van der Waals surface area contributed by atoms with Gasteiger partial charge >= 0.3 is 0 Å². The Hall–Kier alpha value is -1.40. The summed E-state index contributed by atoms with van der Waals surface area (Å²) in [5, 5.41) is 0. The van der Waals surface area contributed by atoms with E-state index in [1.54, 1.807) is 0 Å². The van der Waals surface area contributed by atoms with Gasteiger partial charge in [0.15, 0.2) is 0 Å². The number of allylic oxidation sites excluding steroid dienone is 2. The first-order valence-electron chi connectivity index (χ1n) is 7.43. The summed E-state index contributed by atoms with van der Waals surface area (Å²) in [4.78, 5) is 0. The molecule has 1 fully saturated rings. The molecular formula is C19H26. The van der Waals surface area contributed by atoms with Crippen molar-refractivity contribution in [2.75, 3.05) is 0 Å². The summed E-state index contributed by atoms with van der Waals surface area (Å²) >= 11 is 0. The van der Waals surface area contributed by atoms with Gasteiger partial charge in [0.1, 0.15) is 0 Å². The van der Waals surface area contributed by atoms with Crippen LogP contribution in [0.15, 0.2) is 24.3 Å². The van der Waals surface area contributed by atoms with Crippen molar-refractivity contribution in [2.24, 2.45) is 11.8 Å². The normalized spacial score (nSPS) is 21.6. The Morgan fingerprint density at radius 3 is 1.68 bits per heavy atom. The Balaban J connectivity index is 2.44. The number of hydrogen-bond donors (Lipinski definition) is 0. The summed E-state index contributed by atoms with van der Waals surface area (Å²) in [5.41, 5.74) is 2.77. The molecule has 0 N–H and O–H groups in total. The van der Waals surface area contributed by atoms with Crippen LogP contribution in [0.4, 0.5) is 0 Å². The summed E-state index contributed by atoms with van der Waals surface area (Å²) in [6.07, 6.45) is 20.5. The highest BCUT2D eigenvalue weighted by atomic mass is 14.3. The van der Waals surface area contributed by atoms with E-state index in [4.69, 9.17) is 12.8 Å². The van der Waals surface area contributed by atoms with Crippen LogP contribution in [-0.4, -0.2) is 0 Å². The van der Waals surface area contributed by atoms with Crippen LogP contribution in [0.1, 0.15) is 57.8 Å². The van der Waals surface area contributed by atoms with Crippen molar-refractivity contribution < 1.29 is 0 Å². The van der Waals surface area contributed by atoms with E-state index in [1.165, 1.54) is 30.4 Å². The summed E-state index contributed by atoms with van der Waals surface area (Å²) in [5.74, 6) is 6.68. The smallest absolute Gasteiger partial charge is 0.00891 e. The van der Waals surface area contributed by atoms with E-state index in [1.807, 2.05) is 0 Å². The van der Waals surface area contributed by atoms with E-state index in [9.17, 15) is 0 Å². The first-order valence-corrected chi connectivity index (χ1v) is 7.43. The van der Waals surface area contributed by atoms with Gasteiger partial charge in [0.05, 0.1) is 0 Å². The topological polar surface area (TPSA) is 0 Å². The molecule has 102 valence electrons. The van der Waals surface area contributed by atoms with Crippen molar-refractivity contribution in [2.45, 2.75) is 57.8 Å². The van der Waals surface area contributed by atoms with Crippen LogP contribution in [0.25, 0.3) is 0 Å². The second-order valence-corrected chi connectivity index (χ2v) is 5.58. The molecule has 0 amide bonds. The fourth-order valence-corrected chi connectivity index (χ4v) is 3.14. The van der Waals surface area contributed by atoms with Crippen molar-refractivity contribution in [3.63, 3.8) is 0 Å². The maximum atomic E-state index is 5.30. The van der Waals surface area contributed by atoms with Crippen LogP contribution in [0.5, 0.6) is 0 Å². The van der Waals surface area contributed by atoms with E-state index in [0.717, 1.165) is 38.5 Å². The van der Waals surface area contributed by atoms with Crippen LogP contribution in [-0.2, 0) is 0 Å². The van der Waals surface area contributed by atoms with Gasteiger partial charge in [0.25, 0.3) is 0 Å². The molecule has 0 aromatic heterocycles. The van der Waals surface area contributed by atoms with Crippen molar-refractivity contribution >= 4 is 0 Å². The number of hydrogen-bond acceptors (Lipinski definition) is 0. The lowest BCUT2D eigenvalue weighted by Gasteiger charge is -2.24. The van der Waals surface area contributed by atoms with Crippen LogP contribution < -0.4 is 0 Å². The molecule has 2 atom stereocenters. The maximum absolute atomic E-state index is 5.30. The molecule has 19 heavy (non-hydrogen) atoms. The number of terminal acetylenes is 2. The molecule has 1 saturated carbocycles. The van der Waals surface area contributed by atoms with Gasteiger partial charge in [-0.25, -0.2) is 0 Å². The average Bonchev–Trinajstić information content (AvgIpc) is 2.88. The molecule has 0 aromatic rings. The van der Waals surface area contributed by atoms with Gasteiger partial charge < -0.3 is 0 Å². The highest BCUT2D eigenvalue weighted by Gasteiger charge is 2.30. The van der Waals surface area contributed by atoms with Crippen molar-refractivity contribution in [1.29, 1.82) is 0 Å². The van der Waals surface area contributed by atoms with Crippen molar-refractivity contribution in [3.8, 4) is 24.7 Å². The zero-order valence-electron chi connectivity index (χ0n) is 12.1. The summed E-state index contributed by atoms with van der Waals surface area (Å²) in [6.45, 7) is 8.59. The second-order valence-electron chi connectivity index (χ2n) is 5.58. The van der Waals surface area contributed by atoms with Crippen LogP contribution in [0, 0.1) is 36.5 Å². The third-order valence-electron chi connectivity index (χ3n) is 4.20. The van der Waals surface area contributed by atoms with E-state index in [-0.39, 0.29) is 0 Å². The van der Waals surface area contributed by atoms with Gasteiger partial charge in [-0.1, -0.05) is 30.7 Å². The number of unbranched alkanes of at least 4 members (excludes halogenated alkanes) is 2. The minimum absolute atomic E-state index is 0.635. The largest absolute Gasteiger partial charge is 0.120 e. The summed E-state index contributed by atoms with van der Waals surface area (Å²) in [6, 6.07) is 0. The van der Waals surface area contributed by atoms with Crippen LogP contribution in [0.2, 0.25) is 0 Å². The highest BCUT2D eigenvalue weighted by Crippen LogP contribution is 2.42. The lowest BCUT2D eigenvalue weighted by Crippen LogP contribution is -2.12. The second kappa shape index (κ2) is 8.66. The molecule has 0 bridgehead atoms. The van der Waals surface area contributed by atoms with Gasteiger partial charge in [0, 0.05) is 12.8 Å². The Morgan fingerprint density at radius 1 is 0.895 bits per heavy atom. The quantitative estimate of drug-likeness (QED) is 0.320. The Morgan fingerprint density at radius 2 is 1.32 bits per heavy atom. The fourth-order valence-electron chi connectivity index (χ4n) is 3.14. The fraction of sp³-hybridized carbons (Fsp3) is 0.579. The van der Waals surface area contributed by atoms with Gasteiger partial charge in [-0.15, -0.1) is 24.7 Å². The monoisotopic (exact) mass is 254 g/mol. The predicted octanol–water partition coefficient (Wildman–Crippen LogP) is 5.12. The van der Waals surface area contributed by atoms with E-state index < -0.39 is 0 Å². The Labute approximate surface area is 119 Å². The van der Waals surface area contributed by atoms with Crippen molar-refractivity contribution in [1.82, 2.24) is 0 Å². The lowest BCUT2D eigenvalue weighted by molar-refractivity contribution is 0.473. The van der Waals surface area contributed by atoms with Crippen LogP contribution >= 0.6 is 0 Å². The standard InChI is InChI=1S/C19H26/c1-5-7-9-12-16(3)18-14-11-15-19(18)17(4)13-10-8-6-2/h1-2,18-19H,3-4,7-15H2. The third-order valence-corrected chi connectivity index (χ3v) is 4.20. The van der Waals surface area contributed by atoms with Gasteiger partial charge in [-0.05, 0) is 50.4 Å². The van der Waals surface area contributed by atoms with E-state index in [0.29, 0.717) is 11.8 Å². The first-order chi connectivity index (χ1) is 9.20. The molecule has 0 heterocycles. The Kier molecular flexibility index (Phi) is 7.14. The SMILES string of the molecule is C#CCCCC(=C)C1CCCC1C(=C)CCCC#C. The van der Waals surface area contributed by atoms with Gasteiger partial charge in [-0.3, -0.25) is 0 Å². The average molecular weight is 254 g/mol. The van der Waals surface area contributed by atoms with Gasteiger partial charge in [-0.2, -0.15) is 0 Å². The molecule has 0 spiro atoms. The Bertz CT molecular complexity index is 347. The molecule has 0 heteroatoms. The molecule has 0 radical (unpaired) electrons. The zero-order chi connectivity index (χ0) is 14.1. The van der Waals surface area contributed by atoms with E-state index >= 15 is 0 Å². The molecule has 0 saturated heterocycles. The molecule has 1 rings (SSSR count). The molecule has 0 aliphatic heterocycles. The molecular weight excluding hydrogens is 228 g/mol. The van der Waals surface area contributed by atoms with E-state index in [2.05, 4.69) is 25.0 Å². The molecule has 0 aromatic carbocycles. The predicted molar refractivity (Wildman–Crippen MR) is 84.5 cm³/mol. The van der Waals surface area contributed by atoms with Crippen molar-refractivity contribution in [3.05, 3.63) is 24.3 Å². The number of rotatable bonds is 8. The molecule has 0 nitrogen and oxygen atoms in total. The van der Waals surface area contributed by atoms with Gasteiger partial charge in [0.2, 0.25) is 0 Å². The third kappa shape index (κ3) is 5.00. The minimum atomic E-state index is 0.635. The maximum Gasteiger partial charge on any atom is 0.00891 e.